The second-order valence-corrected chi connectivity index (χ2v) is 16.1. The maximum Gasteiger partial charge on any atom is 0.490 e. The van der Waals surface area contributed by atoms with E-state index >= 15 is 0 Å². The van der Waals surface area contributed by atoms with Gasteiger partial charge in [-0.05, 0) is 17.7 Å². The number of aromatic nitrogens is 2. The Kier molecular flexibility index (Phi) is 10.7. The number of aromatic amines is 1. The Labute approximate surface area is 264 Å². The van der Waals surface area contributed by atoms with Crippen LogP contribution in [0, 0.1) is 0 Å². The molecule has 2 fully saturated rings. The molecule has 0 radical (unpaired) electrons. The Balaban J connectivity index is 1.24. The zero-order chi connectivity index (χ0) is 34.0. The SMILES string of the molecule is O=c1ccn(C2OC(COP(=O)(O)OP(=O)(O)OP(=O)(O)OP(=O)(O)Nc3ccccc3)C3OC(Cc4ccccc4)OC32)c(=O)[nH]1. The van der Waals surface area contributed by atoms with Crippen LogP contribution in [0.2, 0.25) is 0 Å². The van der Waals surface area contributed by atoms with E-state index in [0.29, 0.717) is 0 Å². The van der Waals surface area contributed by atoms with E-state index in [-0.39, 0.29) is 12.1 Å². The van der Waals surface area contributed by atoms with Crippen LogP contribution in [-0.4, -0.2) is 60.3 Å². The number of rotatable bonds is 14. The molecule has 3 heterocycles. The average molecular weight is 741 g/mol. The highest BCUT2D eigenvalue weighted by Gasteiger charge is 2.54. The van der Waals surface area contributed by atoms with Crippen LogP contribution in [0.1, 0.15) is 11.8 Å². The van der Waals surface area contributed by atoms with Gasteiger partial charge < -0.3 is 33.8 Å². The smallest absolute Gasteiger partial charge is 0.346 e. The van der Waals surface area contributed by atoms with Gasteiger partial charge in [-0.15, -0.1) is 0 Å². The molecule has 0 aliphatic carbocycles. The predicted molar refractivity (Wildman–Crippen MR) is 157 cm³/mol. The number of phosphoric ester groups is 1. The summed E-state index contributed by atoms with van der Waals surface area (Å²) < 4.78 is 84.8. The molecule has 9 unspecified atom stereocenters. The lowest BCUT2D eigenvalue weighted by Crippen LogP contribution is -2.36. The van der Waals surface area contributed by atoms with Crippen molar-refractivity contribution in [1.29, 1.82) is 0 Å². The van der Waals surface area contributed by atoms with Crippen molar-refractivity contribution in [1.82, 2.24) is 9.55 Å². The maximum absolute atomic E-state index is 12.6. The van der Waals surface area contributed by atoms with E-state index in [1.165, 1.54) is 24.3 Å². The first-order chi connectivity index (χ1) is 22.0. The molecule has 0 saturated carbocycles. The second-order valence-electron chi connectivity index (χ2n) is 9.85. The van der Waals surface area contributed by atoms with Gasteiger partial charge in [-0.3, -0.25) is 24.0 Å². The minimum Gasteiger partial charge on any atom is -0.346 e. The summed E-state index contributed by atoms with van der Waals surface area (Å²) >= 11 is 0. The quantitative estimate of drug-likeness (QED) is 0.129. The molecule has 2 saturated heterocycles. The van der Waals surface area contributed by atoms with E-state index < -0.39 is 79.9 Å². The van der Waals surface area contributed by atoms with Crippen LogP contribution in [0.25, 0.3) is 0 Å². The molecule has 3 aromatic rings. The van der Waals surface area contributed by atoms with Crippen molar-refractivity contribution in [3.63, 3.8) is 0 Å². The van der Waals surface area contributed by atoms with Gasteiger partial charge >= 0.3 is 36.9 Å². The minimum atomic E-state index is -6.02. The van der Waals surface area contributed by atoms with Gasteiger partial charge in [0.2, 0.25) is 0 Å². The number of ether oxygens (including phenoxy) is 3. The summed E-state index contributed by atoms with van der Waals surface area (Å²) in [5.74, 6) is 0. The summed E-state index contributed by atoms with van der Waals surface area (Å²) in [6.45, 7) is -0.898. The second kappa shape index (κ2) is 14.1. The molecule has 0 amide bonds. The number of phosphoric acid groups is 3. The highest BCUT2D eigenvalue weighted by atomic mass is 31.3. The number of benzene rings is 2. The Morgan fingerprint density at radius 3 is 2.02 bits per heavy atom. The Bertz CT molecular complexity index is 1880. The summed E-state index contributed by atoms with van der Waals surface area (Å²) in [6, 6.07) is 17.1. The molecule has 6 N–H and O–H groups in total. The van der Waals surface area contributed by atoms with Crippen LogP contribution in [-0.2, 0) is 56.3 Å². The Morgan fingerprint density at radius 2 is 1.36 bits per heavy atom. The first-order valence-electron chi connectivity index (χ1n) is 13.2. The maximum atomic E-state index is 12.6. The lowest BCUT2D eigenvalue weighted by molar-refractivity contribution is -0.150. The molecule has 2 aliphatic rings. The third-order valence-electron chi connectivity index (χ3n) is 6.35. The predicted octanol–water partition coefficient (Wildman–Crippen LogP) is 2.37. The average Bonchev–Trinajstić information content (AvgIpc) is 3.50. The molecule has 1 aromatic heterocycles. The first kappa shape index (κ1) is 35.7. The van der Waals surface area contributed by atoms with Gasteiger partial charge in [-0.2, -0.15) is 12.9 Å². The molecule has 256 valence electrons. The van der Waals surface area contributed by atoms with Crippen molar-refractivity contribution < 1.29 is 69.5 Å². The highest BCUT2D eigenvalue weighted by Crippen LogP contribution is 2.71. The van der Waals surface area contributed by atoms with Crippen LogP contribution < -0.4 is 16.3 Å². The van der Waals surface area contributed by atoms with Crippen LogP contribution in [0.5, 0.6) is 0 Å². The van der Waals surface area contributed by atoms with Crippen molar-refractivity contribution in [2.75, 3.05) is 11.7 Å². The van der Waals surface area contributed by atoms with E-state index in [4.69, 9.17) is 18.7 Å². The van der Waals surface area contributed by atoms with Crippen LogP contribution in [0.4, 0.5) is 5.69 Å². The molecule has 20 nitrogen and oxygen atoms in total. The summed E-state index contributed by atoms with van der Waals surface area (Å²) in [6.07, 6.45) is -4.07. The molecule has 0 spiro atoms. The van der Waals surface area contributed by atoms with Crippen LogP contribution in [0.3, 0.4) is 0 Å². The van der Waals surface area contributed by atoms with E-state index in [0.717, 1.165) is 22.4 Å². The summed E-state index contributed by atoms with van der Waals surface area (Å²) in [4.78, 5) is 65.8. The van der Waals surface area contributed by atoms with E-state index in [9.17, 15) is 47.4 Å². The largest absolute Gasteiger partial charge is 0.490 e. The highest BCUT2D eigenvalue weighted by molar-refractivity contribution is 7.71. The van der Waals surface area contributed by atoms with Crippen molar-refractivity contribution in [2.45, 2.75) is 37.3 Å². The fraction of sp³-hybridized carbons (Fsp3) is 0.304. The van der Waals surface area contributed by atoms with E-state index in [1.54, 1.807) is 24.3 Å². The number of fused-ring (bicyclic) bond motifs is 1. The number of hydrogen-bond donors (Lipinski definition) is 6. The summed E-state index contributed by atoms with van der Waals surface area (Å²) in [5, 5.41) is 1.88. The number of para-hydroxylation sites is 1. The third kappa shape index (κ3) is 9.74. The van der Waals surface area contributed by atoms with Crippen molar-refractivity contribution in [3.8, 4) is 0 Å². The number of anilines is 1. The molecule has 5 rings (SSSR count). The lowest BCUT2D eigenvalue weighted by Gasteiger charge is -2.23. The first-order valence-corrected chi connectivity index (χ1v) is 19.3. The molecule has 2 aromatic carbocycles. The fourth-order valence-corrected chi connectivity index (χ4v) is 9.75. The molecule has 9 atom stereocenters. The zero-order valence-corrected chi connectivity index (χ0v) is 27.1. The monoisotopic (exact) mass is 741 g/mol. The Morgan fingerprint density at radius 1 is 0.766 bits per heavy atom. The van der Waals surface area contributed by atoms with Gasteiger partial charge in [0, 0.05) is 24.4 Å². The van der Waals surface area contributed by atoms with Gasteiger partial charge in [0.1, 0.15) is 18.3 Å². The third-order valence-corrected chi connectivity index (χ3v) is 12.4. The topological polar surface area (TPSA) is 281 Å². The molecular formula is C23H27N3O17P4. The number of hydrogen-bond acceptors (Lipinski definition) is 13. The lowest BCUT2D eigenvalue weighted by atomic mass is 10.1. The van der Waals surface area contributed by atoms with Gasteiger partial charge in [0.25, 0.3) is 5.56 Å². The summed E-state index contributed by atoms with van der Waals surface area (Å²) in [7, 11) is -22.8. The number of nitrogens with zero attached hydrogens (tertiary/aromatic N) is 1. The molecule has 2 aliphatic heterocycles. The standard InChI is InChI=1S/C23H27N3O17P4/c27-18-11-12-26(23(28)24-18)22-21-20(39-19(40-21)13-15-7-3-1-4-8-15)17(38-22)14-37-45(31,32)42-47(35,36)43-46(33,34)41-44(29,30)25-16-9-5-2-6-10-16/h1-12,17,19-22H,13-14H2,(H,31,32)(H,33,34)(H,35,36)(H,24,27,28)(H2,25,29,30). The zero-order valence-electron chi connectivity index (χ0n) is 23.6. The molecular weight excluding hydrogens is 714 g/mol. The van der Waals surface area contributed by atoms with Gasteiger partial charge in [0.05, 0.1) is 6.61 Å². The number of nitrogens with one attached hydrogen (secondary N) is 2. The molecule has 47 heavy (non-hydrogen) atoms. The van der Waals surface area contributed by atoms with E-state index in [2.05, 4.69) is 17.9 Å². The molecule has 0 bridgehead atoms. The minimum absolute atomic E-state index is 0.0397. The van der Waals surface area contributed by atoms with Crippen molar-refractivity contribution in [2.24, 2.45) is 0 Å². The van der Waals surface area contributed by atoms with Crippen LogP contribution in [0.15, 0.2) is 82.5 Å². The fourth-order valence-electron chi connectivity index (χ4n) is 4.61. The van der Waals surface area contributed by atoms with Crippen molar-refractivity contribution >= 4 is 36.9 Å². The number of H-pyrrole nitrogens is 1. The molecule has 24 heteroatoms. The normalized spacial score (nSPS) is 27.5. The van der Waals surface area contributed by atoms with E-state index in [1.807, 2.05) is 17.2 Å². The van der Waals surface area contributed by atoms with Gasteiger partial charge in [0.15, 0.2) is 12.5 Å². The summed E-state index contributed by atoms with van der Waals surface area (Å²) in [5.41, 5.74) is -0.765. The van der Waals surface area contributed by atoms with Gasteiger partial charge in [-0.1, -0.05) is 48.5 Å². The Hall–Kier alpha value is -2.60. The van der Waals surface area contributed by atoms with Gasteiger partial charge in [-0.25, -0.2) is 23.1 Å². The van der Waals surface area contributed by atoms with Crippen LogP contribution >= 0.6 is 31.2 Å². The van der Waals surface area contributed by atoms with Crippen molar-refractivity contribution in [3.05, 3.63) is 99.3 Å².